The van der Waals surface area contributed by atoms with E-state index in [1.807, 2.05) is 0 Å². The van der Waals surface area contributed by atoms with Gasteiger partial charge in [0, 0.05) is 5.57 Å². The molecule has 1 amide bonds. The Morgan fingerprint density at radius 2 is 1.64 bits per heavy atom. The Kier molecular flexibility index (Phi) is 5.93. The number of primary amides is 1. The summed E-state index contributed by atoms with van der Waals surface area (Å²) < 4.78 is 9.10. The molecule has 0 saturated heterocycles. The molecule has 6 N–H and O–H groups in total. The van der Waals surface area contributed by atoms with Crippen LogP contribution in [0.4, 0.5) is 0 Å². The Balaban J connectivity index is 0. The lowest BCUT2D eigenvalue weighted by atomic mass is 10.3. The quantitative estimate of drug-likeness (QED) is 0.308. The zero-order valence-electron chi connectivity index (χ0n) is 6.02. The smallest absolute Gasteiger partial charge is 0.366 e. The second kappa shape index (κ2) is 5.03. The molecular weight excluding hydrogens is 171 g/mol. The third kappa shape index (κ3) is 45.3. The molecule has 66 valence electrons. The van der Waals surface area contributed by atoms with E-state index >= 15 is 0 Å². The summed E-state index contributed by atoms with van der Waals surface area (Å²) in [5.41, 5.74) is 9.12. The first-order valence-corrected chi connectivity index (χ1v) is 4.12. The molecule has 0 atom stereocenters. The first kappa shape index (κ1) is 12.9. The van der Waals surface area contributed by atoms with Crippen LogP contribution in [-0.2, 0) is 9.36 Å². The van der Waals surface area contributed by atoms with Crippen LogP contribution in [0.25, 0.3) is 0 Å². The minimum Gasteiger partial charge on any atom is -0.366 e. The Bertz CT molecular complexity index is 176. The summed E-state index contributed by atoms with van der Waals surface area (Å²) in [5, 5.41) is 0. The lowest BCUT2D eigenvalue weighted by Crippen LogP contribution is -2.10. The summed E-state index contributed by atoms with van der Waals surface area (Å²) in [7, 11) is -4.14. The van der Waals surface area contributed by atoms with Crippen LogP contribution in [0.15, 0.2) is 12.2 Å². The molecule has 0 aliphatic rings. The molecular formula is C4H11N2O4P. The molecule has 0 heterocycles. The molecule has 0 aromatic heterocycles. The van der Waals surface area contributed by atoms with Crippen LogP contribution in [0, 0.1) is 0 Å². The fourth-order valence-corrected chi connectivity index (χ4v) is 0. The summed E-state index contributed by atoms with van der Waals surface area (Å²) in [4.78, 5) is 24.6. The van der Waals surface area contributed by atoms with E-state index in [0.717, 1.165) is 0 Å². The molecule has 0 aromatic carbocycles. The molecule has 7 heteroatoms. The van der Waals surface area contributed by atoms with Gasteiger partial charge < -0.3 is 15.5 Å². The highest BCUT2D eigenvalue weighted by Gasteiger charge is 1.96. The highest BCUT2D eigenvalue weighted by Crippen LogP contribution is 2.20. The van der Waals surface area contributed by atoms with Gasteiger partial charge in [0.1, 0.15) is 0 Å². The fourth-order valence-electron chi connectivity index (χ4n) is 0. The van der Waals surface area contributed by atoms with Gasteiger partial charge in [-0.2, -0.15) is 0 Å². The second-order valence-electron chi connectivity index (χ2n) is 1.73. The van der Waals surface area contributed by atoms with Crippen LogP contribution >= 0.6 is 7.75 Å². The van der Waals surface area contributed by atoms with Crippen LogP contribution in [0.5, 0.6) is 0 Å². The Morgan fingerprint density at radius 1 is 1.55 bits per heavy atom. The van der Waals surface area contributed by atoms with Gasteiger partial charge in [0.2, 0.25) is 5.91 Å². The van der Waals surface area contributed by atoms with Gasteiger partial charge >= 0.3 is 7.75 Å². The number of hydrogen-bond acceptors (Lipinski definition) is 2. The molecule has 0 aliphatic carbocycles. The largest absolute Gasteiger partial charge is 0.397 e. The molecule has 0 radical (unpaired) electrons. The highest BCUT2D eigenvalue weighted by molar-refractivity contribution is 7.49. The fraction of sp³-hybridized carbons (Fsp3) is 0.250. The van der Waals surface area contributed by atoms with Crippen molar-refractivity contribution in [3.05, 3.63) is 12.2 Å². The van der Waals surface area contributed by atoms with E-state index in [1.54, 1.807) is 6.92 Å². The first-order valence-electron chi connectivity index (χ1n) is 2.44. The van der Waals surface area contributed by atoms with Gasteiger partial charge in [-0.05, 0) is 6.92 Å². The summed E-state index contributed by atoms with van der Waals surface area (Å²) in [6.45, 7) is 4.85. The third-order valence-corrected chi connectivity index (χ3v) is 0.421. The summed E-state index contributed by atoms with van der Waals surface area (Å²) in [5.74, 6) is -0.435. The normalized spacial score (nSPS) is 9.45. The van der Waals surface area contributed by atoms with Gasteiger partial charge in [0.15, 0.2) is 0 Å². The predicted octanol–water partition coefficient (Wildman–Crippen LogP) is -0.914. The average Bonchev–Trinajstić information content (AvgIpc) is 1.59. The van der Waals surface area contributed by atoms with E-state index in [9.17, 15) is 4.79 Å². The van der Waals surface area contributed by atoms with Crippen LogP contribution in [-0.4, -0.2) is 15.7 Å². The maximum atomic E-state index is 9.82. The Hall–Kier alpha value is -0.680. The number of nitrogens with two attached hydrogens (primary N) is 2. The predicted molar refractivity (Wildman–Crippen MR) is 40.2 cm³/mol. The number of amides is 1. The third-order valence-electron chi connectivity index (χ3n) is 0.421. The van der Waals surface area contributed by atoms with Crippen molar-refractivity contribution in [3.63, 3.8) is 0 Å². The van der Waals surface area contributed by atoms with E-state index in [1.165, 1.54) is 0 Å². The molecule has 6 nitrogen and oxygen atoms in total. The zero-order chi connectivity index (χ0) is 9.65. The molecule has 11 heavy (non-hydrogen) atoms. The standard InChI is InChI=1S/C4H7NO.H4NO3P/c1-3(2)4(5)6;1-5(2,3)4/h1H2,2H3,(H2,5,6);(H4,1,2,3,4). The van der Waals surface area contributed by atoms with Crippen molar-refractivity contribution < 1.29 is 19.1 Å². The summed E-state index contributed by atoms with van der Waals surface area (Å²) >= 11 is 0. The van der Waals surface area contributed by atoms with Gasteiger partial charge in [-0.15, -0.1) is 0 Å². The molecule has 0 saturated carbocycles. The SMILES string of the molecule is C=C(C)C(N)=O.NP(=O)(O)O. The van der Waals surface area contributed by atoms with Crippen LogP contribution in [0.2, 0.25) is 0 Å². The van der Waals surface area contributed by atoms with Gasteiger partial charge in [0.25, 0.3) is 0 Å². The Morgan fingerprint density at radius 3 is 1.64 bits per heavy atom. The summed E-state index contributed by atoms with van der Waals surface area (Å²) in [6, 6.07) is 0. The minimum atomic E-state index is -4.14. The van der Waals surface area contributed by atoms with E-state index in [-0.39, 0.29) is 0 Å². The van der Waals surface area contributed by atoms with Gasteiger partial charge in [-0.25, -0.2) is 10.1 Å². The summed E-state index contributed by atoms with van der Waals surface area (Å²) in [6.07, 6.45) is 0. The van der Waals surface area contributed by atoms with Crippen molar-refractivity contribution in [1.29, 1.82) is 0 Å². The number of rotatable bonds is 1. The van der Waals surface area contributed by atoms with Crippen LogP contribution in [0.1, 0.15) is 6.92 Å². The van der Waals surface area contributed by atoms with Crippen molar-refractivity contribution in [2.24, 2.45) is 11.2 Å². The van der Waals surface area contributed by atoms with Crippen LogP contribution < -0.4 is 11.2 Å². The monoisotopic (exact) mass is 182 g/mol. The highest BCUT2D eigenvalue weighted by atomic mass is 31.2. The maximum Gasteiger partial charge on any atom is 0.397 e. The van der Waals surface area contributed by atoms with Crippen molar-refractivity contribution >= 4 is 13.7 Å². The van der Waals surface area contributed by atoms with E-state index < -0.39 is 13.7 Å². The van der Waals surface area contributed by atoms with Crippen molar-refractivity contribution in [1.82, 2.24) is 0 Å². The topological polar surface area (TPSA) is 127 Å². The number of carbonyl (C=O) groups excluding carboxylic acids is 1. The molecule has 0 fully saturated rings. The van der Waals surface area contributed by atoms with Gasteiger partial charge in [-0.1, -0.05) is 6.58 Å². The average molecular weight is 182 g/mol. The molecule has 0 spiro atoms. The lowest BCUT2D eigenvalue weighted by Gasteiger charge is -1.84. The van der Waals surface area contributed by atoms with Gasteiger partial charge in [-0.3, -0.25) is 4.79 Å². The lowest BCUT2D eigenvalue weighted by molar-refractivity contribution is -0.114. The zero-order valence-corrected chi connectivity index (χ0v) is 6.91. The van der Waals surface area contributed by atoms with E-state index in [0.29, 0.717) is 5.57 Å². The molecule has 0 bridgehead atoms. The van der Waals surface area contributed by atoms with Crippen molar-refractivity contribution in [2.45, 2.75) is 6.92 Å². The van der Waals surface area contributed by atoms with E-state index in [2.05, 4.69) is 12.1 Å². The molecule has 0 rings (SSSR count). The molecule has 0 aromatic rings. The van der Waals surface area contributed by atoms with Crippen molar-refractivity contribution in [3.8, 4) is 0 Å². The Labute approximate surface area is 64.1 Å². The second-order valence-corrected chi connectivity index (χ2v) is 2.91. The maximum absolute atomic E-state index is 9.82. The van der Waals surface area contributed by atoms with Gasteiger partial charge in [0.05, 0.1) is 0 Å². The van der Waals surface area contributed by atoms with Crippen molar-refractivity contribution in [2.75, 3.05) is 0 Å². The minimum absolute atomic E-state index is 0.398. The first-order chi connectivity index (χ1) is 4.64. The number of hydrogen-bond donors (Lipinski definition) is 4. The van der Waals surface area contributed by atoms with E-state index in [4.69, 9.17) is 20.1 Å². The number of carbonyl (C=O) groups is 1. The molecule has 0 unspecified atom stereocenters. The molecule has 0 aliphatic heterocycles. The van der Waals surface area contributed by atoms with Crippen LogP contribution in [0.3, 0.4) is 0 Å².